The van der Waals surface area contributed by atoms with E-state index in [9.17, 15) is 9.90 Å². The zero-order valence-electron chi connectivity index (χ0n) is 11.4. The summed E-state index contributed by atoms with van der Waals surface area (Å²) in [7, 11) is 0. The number of hydrogen-bond donors (Lipinski definition) is 1. The molecular formula is C14H19N3O3. The molecule has 1 N–H and O–H groups in total. The molecule has 1 aliphatic carbocycles. The van der Waals surface area contributed by atoms with Gasteiger partial charge >= 0.3 is 5.97 Å². The molecule has 6 heteroatoms. The van der Waals surface area contributed by atoms with E-state index in [1.807, 2.05) is 4.90 Å². The molecule has 0 radical (unpaired) electrons. The summed E-state index contributed by atoms with van der Waals surface area (Å²) in [5, 5.41) is 9.36. The van der Waals surface area contributed by atoms with Gasteiger partial charge in [-0.05, 0) is 25.7 Å². The molecule has 2 aliphatic rings. The summed E-state index contributed by atoms with van der Waals surface area (Å²) in [4.78, 5) is 22.1. The van der Waals surface area contributed by atoms with Gasteiger partial charge in [-0.25, -0.2) is 14.8 Å². The number of aryl methyl sites for hydroxylation is 1. The summed E-state index contributed by atoms with van der Waals surface area (Å²) in [5.74, 6) is -0.0571. The topological polar surface area (TPSA) is 75.6 Å². The Kier molecular flexibility index (Phi) is 3.82. The summed E-state index contributed by atoms with van der Waals surface area (Å²) < 4.78 is 5.30. The monoisotopic (exact) mass is 277 g/mol. The van der Waals surface area contributed by atoms with Gasteiger partial charge in [-0.3, -0.25) is 0 Å². The smallest absolute Gasteiger partial charge is 0.328 e. The third kappa shape index (κ3) is 2.47. The lowest BCUT2D eigenvalue weighted by molar-refractivity contribution is -0.141. The molecule has 3 rings (SSSR count). The molecule has 1 aliphatic heterocycles. The van der Waals surface area contributed by atoms with E-state index < -0.39 is 12.0 Å². The van der Waals surface area contributed by atoms with Crippen molar-refractivity contribution in [1.29, 1.82) is 0 Å². The van der Waals surface area contributed by atoms with Crippen molar-refractivity contribution in [3.05, 3.63) is 17.6 Å². The van der Waals surface area contributed by atoms with E-state index in [4.69, 9.17) is 4.74 Å². The van der Waals surface area contributed by atoms with E-state index >= 15 is 0 Å². The molecule has 1 fully saturated rings. The molecule has 0 bridgehead atoms. The highest BCUT2D eigenvalue weighted by atomic mass is 16.5. The van der Waals surface area contributed by atoms with Gasteiger partial charge in [-0.1, -0.05) is 6.42 Å². The van der Waals surface area contributed by atoms with Crippen LogP contribution in [-0.4, -0.2) is 46.8 Å². The van der Waals surface area contributed by atoms with Crippen molar-refractivity contribution >= 4 is 11.8 Å². The zero-order chi connectivity index (χ0) is 13.9. The van der Waals surface area contributed by atoms with E-state index in [0.717, 1.165) is 42.8 Å². The normalized spacial score (nSPS) is 23.0. The summed E-state index contributed by atoms with van der Waals surface area (Å²) in [6.07, 6.45) is 6.93. The highest BCUT2D eigenvalue weighted by Crippen LogP contribution is 2.28. The Morgan fingerprint density at radius 1 is 1.30 bits per heavy atom. The van der Waals surface area contributed by atoms with Gasteiger partial charge in [0, 0.05) is 17.8 Å². The molecule has 1 aromatic heterocycles. The van der Waals surface area contributed by atoms with Gasteiger partial charge < -0.3 is 14.7 Å². The third-order valence-corrected chi connectivity index (χ3v) is 4.04. The number of rotatable bonds is 2. The number of carbonyl (C=O) groups is 1. The Bertz CT molecular complexity index is 506. The average molecular weight is 277 g/mol. The average Bonchev–Trinajstić information content (AvgIpc) is 2.72. The number of aromatic nitrogens is 2. The van der Waals surface area contributed by atoms with Gasteiger partial charge in [0.25, 0.3) is 0 Å². The predicted octanol–water partition coefficient (Wildman–Crippen LogP) is 1.04. The SMILES string of the molecule is O=C(O)C1COCCN1c1ncnc2c1CCCCC2. The lowest BCUT2D eigenvalue weighted by Crippen LogP contribution is -2.50. The van der Waals surface area contributed by atoms with Crippen LogP contribution in [0.5, 0.6) is 0 Å². The highest BCUT2D eigenvalue weighted by Gasteiger charge is 2.32. The fourth-order valence-electron chi connectivity index (χ4n) is 2.99. The van der Waals surface area contributed by atoms with Crippen molar-refractivity contribution < 1.29 is 14.6 Å². The first-order valence-electron chi connectivity index (χ1n) is 7.17. The van der Waals surface area contributed by atoms with Crippen LogP contribution in [0.15, 0.2) is 6.33 Å². The number of fused-ring (bicyclic) bond motifs is 1. The second kappa shape index (κ2) is 5.75. The van der Waals surface area contributed by atoms with Crippen molar-refractivity contribution in [3.63, 3.8) is 0 Å². The fourth-order valence-corrected chi connectivity index (χ4v) is 2.99. The van der Waals surface area contributed by atoms with Crippen LogP contribution in [0.3, 0.4) is 0 Å². The number of nitrogens with zero attached hydrogens (tertiary/aromatic N) is 3. The lowest BCUT2D eigenvalue weighted by Gasteiger charge is -2.35. The van der Waals surface area contributed by atoms with E-state index in [1.165, 1.54) is 6.42 Å². The van der Waals surface area contributed by atoms with E-state index in [2.05, 4.69) is 9.97 Å². The first kappa shape index (κ1) is 13.3. The molecule has 0 spiro atoms. The van der Waals surface area contributed by atoms with Crippen LogP contribution in [0.4, 0.5) is 5.82 Å². The van der Waals surface area contributed by atoms with Crippen molar-refractivity contribution in [2.24, 2.45) is 0 Å². The van der Waals surface area contributed by atoms with Gasteiger partial charge in [0.15, 0.2) is 6.04 Å². The van der Waals surface area contributed by atoms with Gasteiger partial charge in [0.1, 0.15) is 12.1 Å². The maximum Gasteiger partial charge on any atom is 0.328 e. The maximum atomic E-state index is 11.4. The molecule has 20 heavy (non-hydrogen) atoms. The molecule has 108 valence electrons. The van der Waals surface area contributed by atoms with Gasteiger partial charge in [0.05, 0.1) is 13.2 Å². The minimum absolute atomic E-state index is 0.216. The summed E-state index contributed by atoms with van der Waals surface area (Å²) in [5.41, 5.74) is 2.22. The summed E-state index contributed by atoms with van der Waals surface area (Å²) >= 11 is 0. The Balaban J connectivity index is 1.98. The summed E-state index contributed by atoms with van der Waals surface area (Å²) in [6.45, 7) is 1.33. The number of carboxylic acid groups (broad SMARTS) is 1. The first-order chi connectivity index (χ1) is 9.77. The van der Waals surface area contributed by atoms with Crippen molar-refractivity contribution in [1.82, 2.24) is 9.97 Å². The van der Waals surface area contributed by atoms with Crippen LogP contribution in [0, 0.1) is 0 Å². The molecule has 1 unspecified atom stereocenters. The molecule has 0 aromatic carbocycles. The van der Waals surface area contributed by atoms with Crippen molar-refractivity contribution in [3.8, 4) is 0 Å². The number of ether oxygens (including phenoxy) is 1. The number of morpholine rings is 1. The Labute approximate surface area is 117 Å². The summed E-state index contributed by atoms with van der Waals surface area (Å²) in [6, 6.07) is -0.647. The van der Waals surface area contributed by atoms with Gasteiger partial charge in [-0.2, -0.15) is 0 Å². The van der Waals surface area contributed by atoms with Crippen molar-refractivity contribution in [2.75, 3.05) is 24.7 Å². The van der Waals surface area contributed by atoms with E-state index in [-0.39, 0.29) is 6.61 Å². The van der Waals surface area contributed by atoms with Crippen molar-refractivity contribution in [2.45, 2.75) is 38.1 Å². The third-order valence-electron chi connectivity index (χ3n) is 4.04. The molecule has 0 saturated carbocycles. The standard InChI is InChI=1S/C14H19N3O3/c18-14(19)12-8-20-7-6-17(12)13-10-4-2-1-3-5-11(10)15-9-16-13/h9,12H,1-8H2,(H,18,19). The molecule has 0 amide bonds. The number of anilines is 1. The molecular weight excluding hydrogens is 258 g/mol. The highest BCUT2D eigenvalue weighted by molar-refractivity contribution is 5.78. The van der Waals surface area contributed by atoms with Crippen LogP contribution in [0.25, 0.3) is 0 Å². The van der Waals surface area contributed by atoms with E-state index in [1.54, 1.807) is 6.33 Å². The van der Waals surface area contributed by atoms with Gasteiger partial charge in [-0.15, -0.1) is 0 Å². The molecule has 2 heterocycles. The van der Waals surface area contributed by atoms with Crippen LogP contribution in [0.1, 0.15) is 30.5 Å². The first-order valence-corrected chi connectivity index (χ1v) is 7.17. The Morgan fingerprint density at radius 2 is 2.15 bits per heavy atom. The second-order valence-corrected chi connectivity index (χ2v) is 5.31. The van der Waals surface area contributed by atoms with Crippen LogP contribution in [-0.2, 0) is 22.4 Å². The van der Waals surface area contributed by atoms with Crippen LogP contribution in [0.2, 0.25) is 0 Å². The van der Waals surface area contributed by atoms with Crippen LogP contribution >= 0.6 is 0 Å². The Morgan fingerprint density at radius 3 is 3.00 bits per heavy atom. The minimum Gasteiger partial charge on any atom is -0.480 e. The molecule has 1 atom stereocenters. The largest absolute Gasteiger partial charge is 0.480 e. The van der Waals surface area contributed by atoms with E-state index in [0.29, 0.717) is 13.2 Å². The zero-order valence-corrected chi connectivity index (χ0v) is 11.4. The minimum atomic E-state index is -0.856. The number of aliphatic carboxylic acids is 1. The van der Waals surface area contributed by atoms with Gasteiger partial charge in [0.2, 0.25) is 0 Å². The predicted molar refractivity (Wildman–Crippen MR) is 72.9 cm³/mol. The number of carboxylic acids is 1. The quantitative estimate of drug-likeness (QED) is 0.814. The maximum absolute atomic E-state index is 11.4. The lowest BCUT2D eigenvalue weighted by atomic mass is 10.1. The number of hydrogen-bond acceptors (Lipinski definition) is 5. The molecule has 1 saturated heterocycles. The Hall–Kier alpha value is -1.69. The molecule has 1 aromatic rings. The fraction of sp³-hybridized carbons (Fsp3) is 0.643. The second-order valence-electron chi connectivity index (χ2n) is 5.31. The molecule has 6 nitrogen and oxygen atoms in total. The van der Waals surface area contributed by atoms with Crippen LogP contribution < -0.4 is 4.90 Å².